The average molecular weight is 433 g/mol. The molecular formula is C21H21ClN2O4S. The lowest BCUT2D eigenvalue weighted by Crippen LogP contribution is -2.40. The third-order valence-electron chi connectivity index (χ3n) is 5.45. The molecule has 1 fully saturated rings. The van der Waals surface area contributed by atoms with E-state index in [2.05, 4.69) is 10.6 Å². The molecule has 4 rings (SSSR count). The van der Waals surface area contributed by atoms with Gasteiger partial charge in [-0.25, -0.2) is 13.2 Å². The normalized spacial score (nSPS) is 25.3. The molecule has 1 spiro atoms. The first-order chi connectivity index (χ1) is 13.9. The van der Waals surface area contributed by atoms with Crippen molar-refractivity contribution in [1.29, 1.82) is 0 Å². The van der Waals surface area contributed by atoms with Gasteiger partial charge in [-0.15, -0.1) is 0 Å². The van der Waals surface area contributed by atoms with Crippen LogP contribution in [0.4, 0.5) is 0 Å². The van der Waals surface area contributed by atoms with Crippen molar-refractivity contribution in [3.8, 4) is 0 Å². The van der Waals surface area contributed by atoms with E-state index in [9.17, 15) is 13.2 Å². The van der Waals surface area contributed by atoms with Crippen molar-refractivity contribution >= 4 is 27.4 Å². The Morgan fingerprint density at radius 1 is 1.31 bits per heavy atom. The summed E-state index contributed by atoms with van der Waals surface area (Å²) in [7, 11) is -3.83. The maximum Gasteiger partial charge on any atom is 0.354 e. The molecule has 152 valence electrons. The van der Waals surface area contributed by atoms with E-state index in [1.165, 1.54) is 6.07 Å². The fourth-order valence-corrected chi connectivity index (χ4v) is 6.67. The maximum atomic E-state index is 13.7. The van der Waals surface area contributed by atoms with Gasteiger partial charge < -0.3 is 15.4 Å². The van der Waals surface area contributed by atoms with Crippen LogP contribution in [-0.2, 0) is 19.4 Å². The van der Waals surface area contributed by atoms with Gasteiger partial charge in [-0.1, -0.05) is 42.0 Å². The van der Waals surface area contributed by atoms with E-state index in [-0.39, 0.29) is 28.8 Å². The number of benzene rings is 1. The number of sulfone groups is 1. The number of rotatable bonds is 4. The smallest absolute Gasteiger partial charge is 0.354 e. The van der Waals surface area contributed by atoms with Crippen LogP contribution in [0.3, 0.4) is 0 Å². The van der Waals surface area contributed by atoms with E-state index in [4.69, 9.17) is 16.3 Å². The van der Waals surface area contributed by atoms with E-state index in [0.29, 0.717) is 6.54 Å². The number of nitrogens with one attached hydrogen (secondary N) is 2. The van der Waals surface area contributed by atoms with Gasteiger partial charge in [0.15, 0.2) is 9.84 Å². The first-order valence-corrected chi connectivity index (χ1v) is 11.3. The second kappa shape index (κ2) is 7.39. The highest BCUT2D eigenvalue weighted by Gasteiger charge is 2.55. The summed E-state index contributed by atoms with van der Waals surface area (Å²) in [6, 6.07) is 6.43. The lowest BCUT2D eigenvalue weighted by atomic mass is 9.73. The molecule has 8 heteroatoms. The third kappa shape index (κ3) is 3.09. The molecule has 1 saturated heterocycles. The number of carbonyl (C=O) groups is 1. The van der Waals surface area contributed by atoms with Gasteiger partial charge in [0.1, 0.15) is 10.9 Å². The van der Waals surface area contributed by atoms with Crippen LogP contribution in [0.1, 0.15) is 6.92 Å². The van der Waals surface area contributed by atoms with Gasteiger partial charge in [0, 0.05) is 18.8 Å². The molecule has 0 bridgehead atoms. The van der Waals surface area contributed by atoms with Gasteiger partial charge in [-0.2, -0.15) is 0 Å². The standard InChI is InChI=1S/C21H21ClN2O4S/c1-2-28-20(25)16-12-21-14(10-11-23-16)6-5-9-18(21)24-13-19(21)29(26,27)17-8-4-3-7-15(17)22/h3-10,12,19,23-24H,2,11,13H2,1H3. The molecule has 2 aliphatic heterocycles. The van der Waals surface area contributed by atoms with Crippen LogP contribution in [0.5, 0.6) is 0 Å². The van der Waals surface area contributed by atoms with Crippen LogP contribution in [0.15, 0.2) is 76.5 Å². The van der Waals surface area contributed by atoms with Crippen LogP contribution in [0.25, 0.3) is 0 Å². The Hall–Kier alpha value is -2.51. The molecule has 2 heterocycles. The van der Waals surface area contributed by atoms with Gasteiger partial charge in [0.05, 0.1) is 21.9 Å². The number of esters is 1. The first kappa shape index (κ1) is 19.8. The average Bonchev–Trinajstić information content (AvgIpc) is 2.96. The van der Waals surface area contributed by atoms with Crippen molar-refractivity contribution < 1.29 is 17.9 Å². The van der Waals surface area contributed by atoms with Gasteiger partial charge >= 0.3 is 5.97 Å². The molecule has 1 aromatic rings. The van der Waals surface area contributed by atoms with Crippen molar-refractivity contribution in [3.63, 3.8) is 0 Å². The molecular weight excluding hydrogens is 412 g/mol. The van der Waals surface area contributed by atoms with Gasteiger partial charge in [-0.3, -0.25) is 0 Å². The summed E-state index contributed by atoms with van der Waals surface area (Å²) in [6.07, 6.45) is 9.22. The number of hydrogen-bond donors (Lipinski definition) is 2. The fraction of sp³-hybridized carbons (Fsp3) is 0.286. The Kier molecular flexibility index (Phi) is 5.04. The Labute approximate surface area is 174 Å². The first-order valence-electron chi connectivity index (χ1n) is 9.37. The SMILES string of the molecule is CCOC(=O)C1=CC23C(=CCN1)C=CC=C2NCC3S(=O)(=O)c1ccccc1Cl. The van der Waals surface area contributed by atoms with Crippen LogP contribution < -0.4 is 10.6 Å². The monoisotopic (exact) mass is 432 g/mol. The second-order valence-corrected chi connectivity index (χ2v) is 9.48. The molecule has 6 nitrogen and oxygen atoms in total. The second-order valence-electron chi connectivity index (χ2n) is 6.97. The molecule has 1 aliphatic carbocycles. The van der Waals surface area contributed by atoms with Crippen LogP contribution >= 0.6 is 11.6 Å². The minimum atomic E-state index is -3.83. The number of allylic oxidation sites excluding steroid dienone is 4. The summed E-state index contributed by atoms with van der Waals surface area (Å²) in [6.45, 7) is 2.55. The van der Waals surface area contributed by atoms with E-state index in [1.54, 1.807) is 31.2 Å². The van der Waals surface area contributed by atoms with Crippen molar-refractivity contribution in [2.24, 2.45) is 5.41 Å². The van der Waals surface area contributed by atoms with Crippen LogP contribution in [0, 0.1) is 5.41 Å². The van der Waals surface area contributed by atoms with Crippen LogP contribution in [-0.4, -0.2) is 39.3 Å². The molecule has 0 aromatic heterocycles. The lowest BCUT2D eigenvalue weighted by molar-refractivity contribution is -0.139. The summed E-state index contributed by atoms with van der Waals surface area (Å²) < 4.78 is 32.6. The van der Waals surface area contributed by atoms with Gasteiger partial charge in [-0.05, 0) is 36.8 Å². The summed E-state index contributed by atoms with van der Waals surface area (Å²) in [5.74, 6) is -0.508. The van der Waals surface area contributed by atoms with E-state index in [0.717, 1.165) is 11.3 Å². The van der Waals surface area contributed by atoms with Crippen LogP contribution in [0.2, 0.25) is 5.02 Å². The lowest BCUT2D eigenvalue weighted by Gasteiger charge is -2.35. The minimum Gasteiger partial charge on any atom is -0.461 e. The Morgan fingerprint density at radius 3 is 2.86 bits per heavy atom. The zero-order chi connectivity index (χ0) is 20.6. The quantitative estimate of drug-likeness (QED) is 0.711. The molecule has 1 aromatic carbocycles. The highest BCUT2D eigenvalue weighted by molar-refractivity contribution is 7.92. The topological polar surface area (TPSA) is 84.5 Å². The zero-order valence-electron chi connectivity index (χ0n) is 15.8. The molecule has 29 heavy (non-hydrogen) atoms. The summed E-state index contributed by atoms with van der Waals surface area (Å²) in [5.41, 5.74) is 0.769. The molecule has 2 N–H and O–H groups in total. The largest absolute Gasteiger partial charge is 0.461 e. The molecule has 0 amide bonds. The maximum absolute atomic E-state index is 13.7. The number of carbonyl (C=O) groups excluding carboxylic acids is 1. The van der Waals surface area contributed by atoms with E-state index < -0.39 is 26.5 Å². The fourth-order valence-electron chi connectivity index (χ4n) is 4.17. The van der Waals surface area contributed by atoms with E-state index in [1.807, 2.05) is 24.3 Å². The predicted molar refractivity (Wildman–Crippen MR) is 111 cm³/mol. The predicted octanol–water partition coefficient (Wildman–Crippen LogP) is 2.50. The van der Waals surface area contributed by atoms with Crippen molar-refractivity contribution in [2.45, 2.75) is 17.1 Å². The number of ether oxygens (including phenoxy) is 1. The highest BCUT2D eigenvalue weighted by atomic mass is 35.5. The van der Waals surface area contributed by atoms with Gasteiger partial charge in [0.25, 0.3) is 0 Å². The molecule has 0 radical (unpaired) electrons. The minimum absolute atomic E-state index is 0.0845. The zero-order valence-corrected chi connectivity index (χ0v) is 17.4. The third-order valence-corrected chi connectivity index (χ3v) is 8.15. The summed E-state index contributed by atoms with van der Waals surface area (Å²) >= 11 is 6.24. The van der Waals surface area contributed by atoms with Crippen molar-refractivity contribution in [3.05, 3.63) is 76.6 Å². The molecule has 2 unspecified atom stereocenters. The molecule has 3 aliphatic rings. The Balaban J connectivity index is 1.92. The van der Waals surface area contributed by atoms with Crippen molar-refractivity contribution in [2.75, 3.05) is 19.7 Å². The highest BCUT2D eigenvalue weighted by Crippen LogP contribution is 2.51. The molecule has 0 saturated carbocycles. The molecule has 2 atom stereocenters. The number of hydrogen-bond acceptors (Lipinski definition) is 6. The Bertz CT molecular complexity index is 1090. The Morgan fingerprint density at radius 2 is 2.10 bits per heavy atom. The van der Waals surface area contributed by atoms with E-state index >= 15 is 0 Å². The number of halogens is 1. The van der Waals surface area contributed by atoms with Gasteiger partial charge in [0.2, 0.25) is 0 Å². The summed E-state index contributed by atoms with van der Waals surface area (Å²) in [5, 5.41) is 5.60. The summed E-state index contributed by atoms with van der Waals surface area (Å²) in [4.78, 5) is 12.6. The van der Waals surface area contributed by atoms with Crippen molar-refractivity contribution in [1.82, 2.24) is 10.6 Å².